The van der Waals surface area contributed by atoms with Gasteiger partial charge in [-0.25, -0.2) is 9.97 Å². The topological polar surface area (TPSA) is 68.5 Å². The molecule has 0 bridgehead atoms. The predicted octanol–water partition coefficient (Wildman–Crippen LogP) is 5.30. The van der Waals surface area contributed by atoms with Crippen LogP contribution in [0.15, 0.2) is 41.2 Å². The summed E-state index contributed by atoms with van der Waals surface area (Å²) in [4.78, 5) is 24.2. The number of carbonyl (C=O) groups is 1. The molecule has 4 aromatic heterocycles. The molecule has 5 rings (SSSR count). The number of benzene rings is 1. The van der Waals surface area contributed by atoms with Gasteiger partial charge in [0.05, 0.1) is 23.2 Å². The molecule has 4 heterocycles. The first kappa shape index (κ1) is 17.4. The van der Waals surface area contributed by atoms with Gasteiger partial charge in [-0.1, -0.05) is 11.6 Å². The van der Waals surface area contributed by atoms with Crippen LogP contribution < -0.4 is 10.1 Å². The average Bonchev–Trinajstić information content (AvgIpc) is 3.43. The monoisotopic (exact) mass is 426 g/mol. The Morgan fingerprint density at radius 3 is 2.96 bits per heavy atom. The molecule has 0 saturated heterocycles. The highest BCUT2D eigenvalue weighted by Crippen LogP contribution is 2.34. The van der Waals surface area contributed by atoms with E-state index < -0.39 is 0 Å². The molecule has 0 aliphatic carbocycles. The summed E-state index contributed by atoms with van der Waals surface area (Å²) < 4.78 is 7.44. The number of ether oxygens (including phenoxy) is 1. The van der Waals surface area contributed by atoms with Gasteiger partial charge in [0, 0.05) is 22.5 Å². The van der Waals surface area contributed by atoms with Crippen molar-refractivity contribution in [3.8, 4) is 17.0 Å². The number of methoxy groups -OCH3 is 1. The Balaban J connectivity index is 1.41. The fourth-order valence-electron chi connectivity index (χ4n) is 3.00. The molecule has 9 heteroatoms. The highest BCUT2D eigenvalue weighted by atomic mass is 32.1. The minimum absolute atomic E-state index is 0.177. The Bertz CT molecular complexity index is 1330. The number of imidazole rings is 1. The van der Waals surface area contributed by atoms with Gasteiger partial charge in [-0.05, 0) is 25.1 Å². The second-order valence-corrected chi connectivity index (χ2v) is 8.93. The van der Waals surface area contributed by atoms with Crippen molar-refractivity contribution in [1.29, 1.82) is 0 Å². The first-order chi connectivity index (χ1) is 13.6. The second-order valence-electron chi connectivity index (χ2n) is 6.16. The van der Waals surface area contributed by atoms with Gasteiger partial charge in [0.1, 0.15) is 10.6 Å². The lowest BCUT2D eigenvalue weighted by molar-refractivity contribution is 0.103. The number of carbonyl (C=O) groups excluding carboxylic acids is 1. The molecule has 0 radical (unpaired) electrons. The normalized spacial score (nSPS) is 11.4. The van der Waals surface area contributed by atoms with Crippen LogP contribution in [0.4, 0.5) is 5.13 Å². The SMILES string of the molecule is COc1ccc(C)cc1-c1csc(NC(=O)c2cc3c(nc4sccn43)s2)n1. The third kappa shape index (κ3) is 2.88. The summed E-state index contributed by atoms with van der Waals surface area (Å²) >= 11 is 4.36. The molecule has 0 spiro atoms. The molecular weight excluding hydrogens is 412 g/mol. The molecule has 6 nitrogen and oxygen atoms in total. The van der Waals surface area contributed by atoms with Crippen LogP contribution in [-0.2, 0) is 0 Å². The van der Waals surface area contributed by atoms with Gasteiger partial charge >= 0.3 is 0 Å². The van der Waals surface area contributed by atoms with Crippen molar-refractivity contribution in [2.75, 3.05) is 12.4 Å². The molecule has 0 fully saturated rings. The smallest absolute Gasteiger partial charge is 0.267 e. The molecule has 140 valence electrons. The fourth-order valence-corrected chi connectivity index (χ4v) is 5.40. The minimum Gasteiger partial charge on any atom is -0.496 e. The quantitative estimate of drug-likeness (QED) is 0.423. The van der Waals surface area contributed by atoms with Crippen LogP contribution in [-0.4, -0.2) is 27.4 Å². The van der Waals surface area contributed by atoms with E-state index in [4.69, 9.17) is 4.74 Å². The van der Waals surface area contributed by atoms with Gasteiger partial charge in [0.2, 0.25) is 0 Å². The van der Waals surface area contributed by atoms with Crippen molar-refractivity contribution < 1.29 is 9.53 Å². The molecule has 1 N–H and O–H groups in total. The predicted molar refractivity (Wildman–Crippen MR) is 115 cm³/mol. The number of hydrogen-bond acceptors (Lipinski definition) is 7. The van der Waals surface area contributed by atoms with Crippen LogP contribution in [0.1, 0.15) is 15.2 Å². The zero-order valence-electron chi connectivity index (χ0n) is 14.9. The third-order valence-corrected chi connectivity index (χ3v) is 6.85. The number of aryl methyl sites for hydroxylation is 1. The van der Waals surface area contributed by atoms with Crippen LogP contribution in [0.25, 0.3) is 26.6 Å². The van der Waals surface area contributed by atoms with E-state index in [2.05, 4.69) is 15.3 Å². The maximum atomic E-state index is 12.7. The summed E-state index contributed by atoms with van der Waals surface area (Å²) in [5.41, 5.74) is 3.77. The van der Waals surface area contributed by atoms with Crippen molar-refractivity contribution in [1.82, 2.24) is 14.4 Å². The number of fused-ring (bicyclic) bond motifs is 3. The van der Waals surface area contributed by atoms with Crippen molar-refractivity contribution in [2.45, 2.75) is 6.92 Å². The largest absolute Gasteiger partial charge is 0.496 e. The Labute approximate surface area is 172 Å². The third-order valence-electron chi connectivity index (χ3n) is 4.32. The van der Waals surface area contributed by atoms with Crippen LogP contribution in [0.5, 0.6) is 5.75 Å². The van der Waals surface area contributed by atoms with Gasteiger partial charge in [0.15, 0.2) is 10.1 Å². The van der Waals surface area contributed by atoms with Crippen molar-refractivity contribution in [2.24, 2.45) is 0 Å². The van der Waals surface area contributed by atoms with Crippen LogP contribution in [0, 0.1) is 6.92 Å². The summed E-state index contributed by atoms with van der Waals surface area (Å²) in [7, 11) is 1.64. The standard InChI is InChI=1S/C19H14N4O2S3/c1-10-3-4-14(25-2)11(7-10)12-9-27-18(20-12)21-16(24)15-8-13-17(28-15)22-19-23(13)5-6-26-19/h3-9H,1-2H3,(H,20,21,24). The number of nitrogens with one attached hydrogen (secondary N) is 1. The summed E-state index contributed by atoms with van der Waals surface area (Å²) in [5.74, 6) is 0.581. The zero-order valence-corrected chi connectivity index (χ0v) is 17.4. The zero-order chi connectivity index (χ0) is 19.3. The first-order valence-electron chi connectivity index (χ1n) is 8.39. The Kier molecular flexibility index (Phi) is 4.15. The lowest BCUT2D eigenvalue weighted by Crippen LogP contribution is -2.09. The number of rotatable bonds is 4. The highest BCUT2D eigenvalue weighted by molar-refractivity contribution is 7.21. The van der Waals surface area contributed by atoms with E-state index >= 15 is 0 Å². The lowest BCUT2D eigenvalue weighted by atomic mass is 10.1. The van der Waals surface area contributed by atoms with Crippen LogP contribution >= 0.6 is 34.0 Å². The average molecular weight is 427 g/mol. The maximum Gasteiger partial charge on any atom is 0.267 e. The summed E-state index contributed by atoms with van der Waals surface area (Å²) in [6.45, 7) is 2.02. The first-order valence-corrected chi connectivity index (χ1v) is 11.0. The molecule has 0 unspecified atom stereocenters. The molecular formula is C19H14N4O2S3. The van der Waals surface area contributed by atoms with Gasteiger partial charge in [-0.3, -0.25) is 14.5 Å². The summed E-state index contributed by atoms with van der Waals surface area (Å²) in [5, 5.41) is 7.35. The van der Waals surface area contributed by atoms with Gasteiger partial charge in [-0.2, -0.15) is 0 Å². The second kappa shape index (κ2) is 6.69. The van der Waals surface area contributed by atoms with Crippen LogP contribution in [0.3, 0.4) is 0 Å². The Morgan fingerprint density at radius 2 is 2.11 bits per heavy atom. The molecule has 0 aliphatic heterocycles. The highest BCUT2D eigenvalue weighted by Gasteiger charge is 2.17. The van der Waals surface area contributed by atoms with E-state index in [9.17, 15) is 4.79 Å². The van der Waals surface area contributed by atoms with E-state index in [1.165, 1.54) is 22.7 Å². The van der Waals surface area contributed by atoms with Gasteiger partial charge in [-0.15, -0.1) is 34.0 Å². The number of thiazole rings is 2. The Morgan fingerprint density at radius 1 is 1.21 bits per heavy atom. The lowest BCUT2D eigenvalue weighted by Gasteiger charge is -2.07. The minimum atomic E-state index is -0.177. The van der Waals surface area contributed by atoms with Gasteiger partial charge in [0.25, 0.3) is 5.91 Å². The summed E-state index contributed by atoms with van der Waals surface area (Å²) in [6.07, 6.45) is 1.96. The van der Waals surface area contributed by atoms with E-state index in [1.54, 1.807) is 18.4 Å². The molecule has 0 aliphatic rings. The fraction of sp³-hybridized carbons (Fsp3) is 0.105. The number of thiophene rings is 1. The van der Waals surface area contributed by atoms with E-state index in [0.29, 0.717) is 10.0 Å². The number of nitrogens with zero attached hydrogens (tertiary/aromatic N) is 3. The van der Waals surface area contributed by atoms with Crippen molar-refractivity contribution >= 4 is 60.4 Å². The summed E-state index contributed by atoms with van der Waals surface area (Å²) in [6, 6.07) is 7.82. The molecule has 5 aromatic rings. The number of anilines is 1. The maximum absolute atomic E-state index is 12.7. The van der Waals surface area contributed by atoms with Crippen molar-refractivity contribution in [3.05, 3.63) is 51.7 Å². The molecule has 1 aromatic carbocycles. The Hall–Kier alpha value is -2.75. The van der Waals surface area contributed by atoms with Gasteiger partial charge < -0.3 is 4.74 Å². The molecule has 1 amide bonds. The molecule has 0 atom stereocenters. The number of amides is 1. The van der Waals surface area contributed by atoms with E-state index in [0.717, 1.165) is 37.9 Å². The van der Waals surface area contributed by atoms with Crippen LogP contribution in [0.2, 0.25) is 0 Å². The van der Waals surface area contributed by atoms with Crippen molar-refractivity contribution in [3.63, 3.8) is 0 Å². The van der Waals surface area contributed by atoms with E-state index in [1.807, 2.05) is 52.5 Å². The van der Waals surface area contributed by atoms with E-state index in [-0.39, 0.29) is 5.91 Å². The molecule has 28 heavy (non-hydrogen) atoms. The number of hydrogen-bond donors (Lipinski definition) is 1. The number of aromatic nitrogens is 3. The molecule has 0 saturated carbocycles.